The van der Waals surface area contributed by atoms with Gasteiger partial charge < -0.3 is 24.3 Å². The maximum atomic E-state index is 9.44. The van der Waals surface area contributed by atoms with E-state index in [9.17, 15) is 19.2 Å². The van der Waals surface area contributed by atoms with Gasteiger partial charge in [0, 0.05) is 6.61 Å². The van der Waals surface area contributed by atoms with Gasteiger partial charge in [-0.05, 0) is 62.3 Å². The number of rotatable bonds is 0. The van der Waals surface area contributed by atoms with E-state index in [1.807, 2.05) is 0 Å². The number of aliphatic hydroxyl groups is 1. The lowest BCUT2D eigenvalue weighted by atomic mass is 10.6. The van der Waals surface area contributed by atoms with Crippen molar-refractivity contribution in [3.05, 3.63) is 0 Å². The number of carbonyl (C=O) groups excluding carboxylic acids is 4. The molecule has 0 amide bonds. The zero-order chi connectivity index (χ0) is 17.0. The van der Waals surface area contributed by atoms with Gasteiger partial charge in [0.25, 0.3) is 0 Å². The minimum Gasteiger partial charge on any atom is -0.397 e. The summed E-state index contributed by atoms with van der Waals surface area (Å²) in [5, 5.41) is 7.57. The Morgan fingerprint density at radius 1 is 0.579 bits per heavy atom. The Bertz CT molecular complexity index is 168. The van der Waals surface area contributed by atoms with Gasteiger partial charge in [0.15, 0.2) is 0 Å². The van der Waals surface area contributed by atoms with E-state index >= 15 is 0 Å². The Morgan fingerprint density at radius 2 is 0.579 bits per heavy atom. The molecule has 0 bridgehead atoms. The normalized spacial score (nSPS) is 6.42. The molecule has 0 heterocycles. The van der Waals surface area contributed by atoms with Gasteiger partial charge in [-0.2, -0.15) is 0 Å². The van der Waals surface area contributed by atoms with Crippen molar-refractivity contribution in [1.29, 1.82) is 0 Å². The van der Waals surface area contributed by atoms with Crippen LogP contribution in [0.1, 0.15) is 62.3 Å². The van der Waals surface area contributed by atoms with Crippen LogP contribution in [0.25, 0.3) is 0 Å². The van der Waals surface area contributed by atoms with Gasteiger partial charge in [0.2, 0.25) is 0 Å². The first-order valence-electron chi connectivity index (χ1n) is 5.84. The highest BCUT2D eigenvalue weighted by molar-refractivity contribution is 5.72. The highest BCUT2D eigenvalue weighted by atomic mass is 16.2. The standard InChI is InChI=1S/4C3H6O.C2H6O/c4*1-3(2)4;1-2-3/h4*1-2H3;3H,2H2,1H3. The number of hydrogen-bond acceptors (Lipinski definition) is 5. The second-order valence-electron chi connectivity index (χ2n) is 3.95. The van der Waals surface area contributed by atoms with E-state index in [0.29, 0.717) is 0 Å². The number of Topliss-reactive ketones (excluding diaryl/α,β-unsaturated/α-hetero) is 4. The molecular weight excluding hydrogens is 248 g/mol. The molecular formula is C14H30O5. The maximum Gasteiger partial charge on any atom is 0.126 e. The predicted molar refractivity (Wildman–Crippen MR) is 78.2 cm³/mol. The monoisotopic (exact) mass is 278 g/mol. The summed E-state index contributed by atoms with van der Waals surface area (Å²) >= 11 is 0. The Balaban J connectivity index is -0.0000000432. The summed E-state index contributed by atoms with van der Waals surface area (Å²) in [6.45, 7) is 14.2. The molecule has 0 rings (SSSR count). The second-order valence-corrected chi connectivity index (χ2v) is 3.95. The average Bonchev–Trinajstić information content (AvgIpc) is 1.97. The van der Waals surface area contributed by atoms with Gasteiger partial charge in [-0.3, -0.25) is 0 Å². The van der Waals surface area contributed by atoms with E-state index in [0.717, 1.165) is 0 Å². The SMILES string of the molecule is CC(C)=O.CC(C)=O.CC(C)=O.CC(C)=O.CCO. The third kappa shape index (κ3) is 1930. The molecule has 0 spiro atoms. The fourth-order valence-corrected chi connectivity index (χ4v) is 0. The van der Waals surface area contributed by atoms with E-state index in [2.05, 4.69) is 0 Å². The molecule has 0 unspecified atom stereocenters. The topological polar surface area (TPSA) is 88.5 Å². The molecule has 1 N–H and O–H groups in total. The summed E-state index contributed by atoms with van der Waals surface area (Å²) in [4.78, 5) is 37.8. The summed E-state index contributed by atoms with van der Waals surface area (Å²) in [7, 11) is 0. The molecule has 0 aliphatic carbocycles. The van der Waals surface area contributed by atoms with Gasteiger partial charge in [-0.25, -0.2) is 0 Å². The molecule has 0 fully saturated rings. The quantitative estimate of drug-likeness (QED) is 0.735. The molecule has 0 radical (unpaired) electrons. The van der Waals surface area contributed by atoms with Crippen LogP contribution in [-0.4, -0.2) is 34.8 Å². The second kappa shape index (κ2) is 30.0. The first kappa shape index (κ1) is 30.6. The van der Waals surface area contributed by atoms with Crippen molar-refractivity contribution in [1.82, 2.24) is 0 Å². The highest BCUT2D eigenvalue weighted by Crippen LogP contribution is 1.51. The van der Waals surface area contributed by atoms with Crippen molar-refractivity contribution in [2.24, 2.45) is 0 Å². The molecule has 19 heavy (non-hydrogen) atoms. The van der Waals surface area contributed by atoms with Crippen LogP contribution < -0.4 is 0 Å². The van der Waals surface area contributed by atoms with E-state index in [-0.39, 0.29) is 29.7 Å². The third-order valence-electron chi connectivity index (χ3n) is 0. The lowest BCUT2D eigenvalue weighted by Crippen LogP contribution is -1.69. The van der Waals surface area contributed by atoms with Crippen molar-refractivity contribution in [2.75, 3.05) is 6.61 Å². The minimum absolute atomic E-state index is 0.167. The van der Waals surface area contributed by atoms with Crippen molar-refractivity contribution in [3.8, 4) is 0 Å². The number of carbonyl (C=O) groups is 4. The van der Waals surface area contributed by atoms with Crippen LogP contribution in [0.5, 0.6) is 0 Å². The highest BCUT2D eigenvalue weighted by Gasteiger charge is 1.63. The first-order valence-corrected chi connectivity index (χ1v) is 5.84. The van der Waals surface area contributed by atoms with Gasteiger partial charge in [-0.1, -0.05) is 0 Å². The summed E-state index contributed by atoms with van der Waals surface area (Å²) in [6, 6.07) is 0. The minimum atomic E-state index is 0.167. The van der Waals surface area contributed by atoms with Gasteiger partial charge in [0.1, 0.15) is 23.1 Å². The van der Waals surface area contributed by atoms with Gasteiger partial charge in [0.05, 0.1) is 0 Å². The molecule has 0 atom stereocenters. The lowest BCUT2D eigenvalue weighted by molar-refractivity contribution is -0.115. The van der Waals surface area contributed by atoms with Gasteiger partial charge >= 0.3 is 0 Å². The molecule has 0 aromatic rings. The van der Waals surface area contributed by atoms with Crippen LogP contribution in [0.2, 0.25) is 0 Å². The molecule has 0 aromatic heterocycles. The number of aliphatic hydroxyl groups excluding tert-OH is 1. The van der Waals surface area contributed by atoms with Crippen molar-refractivity contribution >= 4 is 23.1 Å². The molecule has 116 valence electrons. The predicted octanol–water partition coefficient (Wildman–Crippen LogP) is 2.38. The van der Waals surface area contributed by atoms with Crippen LogP contribution in [0.15, 0.2) is 0 Å². The Morgan fingerprint density at radius 3 is 0.579 bits per heavy atom. The summed E-state index contributed by atoms with van der Waals surface area (Å²) in [6.07, 6.45) is 0. The number of hydrogen-bond donors (Lipinski definition) is 1. The van der Waals surface area contributed by atoms with Crippen LogP contribution in [0, 0.1) is 0 Å². The maximum absolute atomic E-state index is 9.44. The molecule has 5 heteroatoms. The van der Waals surface area contributed by atoms with Crippen LogP contribution in [0.3, 0.4) is 0 Å². The fourth-order valence-electron chi connectivity index (χ4n) is 0. The zero-order valence-electron chi connectivity index (χ0n) is 13.8. The molecule has 0 saturated carbocycles. The van der Waals surface area contributed by atoms with Crippen molar-refractivity contribution < 1.29 is 24.3 Å². The van der Waals surface area contributed by atoms with Crippen molar-refractivity contribution in [3.63, 3.8) is 0 Å². The van der Waals surface area contributed by atoms with E-state index in [1.165, 1.54) is 55.4 Å². The van der Waals surface area contributed by atoms with Crippen LogP contribution in [0.4, 0.5) is 0 Å². The Labute approximate surface area is 117 Å². The van der Waals surface area contributed by atoms with E-state index in [4.69, 9.17) is 5.11 Å². The number of ketones is 4. The molecule has 0 saturated heterocycles. The smallest absolute Gasteiger partial charge is 0.126 e. The lowest BCUT2D eigenvalue weighted by Gasteiger charge is -1.56. The zero-order valence-corrected chi connectivity index (χ0v) is 13.8. The Hall–Kier alpha value is -1.36. The van der Waals surface area contributed by atoms with E-state index < -0.39 is 0 Å². The van der Waals surface area contributed by atoms with Crippen molar-refractivity contribution in [2.45, 2.75) is 62.3 Å². The summed E-state index contributed by atoms with van der Waals surface area (Å²) in [5.41, 5.74) is 0. The third-order valence-corrected chi connectivity index (χ3v) is 0. The Kier molecular flexibility index (Phi) is 48.3. The molecule has 0 aliphatic heterocycles. The van der Waals surface area contributed by atoms with Crippen LogP contribution in [-0.2, 0) is 19.2 Å². The fraction of sp³-hybridized carbons (Fsp3) is 0.714. The van der Waals surface area contributed by atoms with E-state index in [1.54, 1.807) is 6.92 Å². The summed E-state index contributed by atoms with van der Waals surface area (Å²) in [5.74, 6) is 0.667. The largest absolute Gasteiger partial charge is 0.397 e. The first-order chi connectivity index (χ1) is 8.34. The average molecular weight is 278 g/mol. The molecule has 0 aliphatic rings. The molecule has 5 nitrogen and oxygen atoms in total. The molecule has 0 aromatic carbocycles. The summed E-state index contributed by atoms with van der Waals surface area (Å²) < 4.78 is 0. The van der Waals surface area contributed by atoms with Crippen LogP contribution >= 0.6 is 0 Å². The van der Waals surface area contributed by atoms with Gasteiger partial charge in [-0.15, -0.1) is 0 Å².